The second kappa shape index (κ2) is 8.50. The van der Waals surface area contributed by atoms with Crippen LogP contribution < -0.4 is 10.6 Å². The second-order valence-electron chi connectivity index (χ2n) is 7.54. The Morgan fingerprint density at radius 2 is 1.38 bits per heavy atom. The van der Waals surface area contributed by atoms with E-state index < -0.39 is 0 Å². The summed E-state index contributed by atoms with van der Waals surface area (Å²) in [5, 5.41) is 6.37. The fourth-order valence-corrected chi connectivity index (χ4v) is 4.19. The minimum Gasteiger partial charge on any atom is -0.354 e. The van der Waals surface area contributed by atoms with Crippen LogP contribution in [0, 0.1) is 17.8 Å². The van der Waals surface area contributed by atoms with E-state index >= 15 is 0 Å². The molecule has 24 heavy (non-hydrogen) atoms. The molecule has 0 heterocycles. The fraction of sp³-hybridized carbons (Fsp3) is 0.700. The number of carbonyl (C=O) groups excluding carboxylic acids is 2. The summed E-state index contributed by atoms with van der Waals surface area (Å²) >= 11 is 0. The van der Waals surface area contributed by atoms with Gasteiger partial charge >= 0.3 is 0 Å². The molecule has 0 spiro atoms. The number of rotatable bonds is 6. The smallest absolute Gasteiger partial charge is 0.224 e. The number of carbonyl (C=O) groups is 2. The molecule has 2 amide bonds. The van der Waals surface area contributed by atoms with Crippen molar-refractivity contribution in [3.8, 4) is 0 Å². The molecule has 0 aliphatic heterocycles. The van der Waals surface area contributed by atoms with Gasteiger partial charge in [0.05, 0.1) is 0 Å². The van der Waals surface area contributed by atoms with Crippen LogP contribution in [0.1, 0.15) is 57.8 Å². The second-order valence-corrected chi connectivity index (χ2v) is 7.54. The summed E-state index contributed by atoms with van der Waals surface area (Å²) in [5.74, 6) is 0.974. The lowest BCUT2D eigenvalue weighted by atomic mass is 9.83. The van der Waals surface area contributed by atoms with E-state index in [-0.39, 0.29) is 29.7 Å². The number of allylic oxidation sites excluding steroid dienone is 4. The maximum Gasteiger partial charge on any atom is 0.224 e. The van der Waals surface area contributed by atoms with Crippen LogP contribution in [0.2, 0.25) is 0 Å². The first-order valence-electron chi connectivity index (χ1n) is 9.62. The standard InChI is InChI=1S/C20H30N2O2/c23-19(16-10-4-5-11-16)21-14-18(15-8-2-1-3-9-15)22-20(24)17-12-6-7-13-17/h4-7,15-18H,1-3,8-14H2,(H,21,23)(H,22,24). The molecule has 0 aromatic heterocycles. The zero-order valence-electron chi connectivity index (χ0n) is 14.5. The normalized spacial score (nSPS) is 23.5. The van der Waals surface area contributed by atoms with Crippen molar-refractivity contribution >= 4 is 11.8 Å². The van der Waals surface area contributed by atoms with Gasteiger partial charge in [-0.2, -0.15) is 0 Å². The molecule has 0 bridgehead atoms. The zero-order chi connectivity index (χ0) is 16.8. The summed E-state index contributed by atoms with van der Waals surface area (Å²) in [5.41, 5.74) is 0. The lowest BCUT2D eigenvalue weighted by Gasteiger charge is -2.32. The molecule has 0 radical (unpaired) electrons. The summed E-state index contributed by atoms with van der Waals surface area (Å²) in [6.07, 6.45) is 17.8. The molecule has 4 heteroatoms. The topological polar surface area (TPSA) is 58.2 Å². The van der Waals surface area contributed by atoms with Gasteiger partial charge in [0.1, 0.15) is 0 Å². The van der Waals surface area contributed by atoms with Crippen LogP contribution in [-0.2, 0) is 9.59 Å². The van der Waals surface area contributed by atoms with Crippen LogP contribution in [0.3, 0.4) is 0 Å². The van der Waals surface area contributed by atoms with E-state index in [1.807, 2.05) is 0 Å². The first kappa shape index (κ1) is 17.2. The van der Waals surface area contributed by atoms with E-state index in [0.717, 1.165) is 38.5 Å². The van der Waals surface area contributed by atoms with Crippen molar-refractivity contribution in [1.82, 2.24) is 10.6 Å². The van der Waals surface area contributed by atoms with Crippen molar-refractivity contribution in [2.75, 3.05) is 6.54 Å². The Hall–Kier alpha value is -1.58. The van der Waals surface area contributed by atoms with Crippen LogP contribution in [-0.4, -0.2) is 24.4 Å². The molecular weight excluding hydrogens is 300 g/mol. The Morgan fingerprint density at radius 3 is 1.96 bits per heavy atom. The summed E-state index contributed by atoms with van der Waals surface area (Å²) < 4.78 is 0. The maximum absolute atomic E-state index is 12.5. The molecule has 4 nitrogen and oxygen atoms in total. The van der Waals surface area contributed by atoms with Gasteiger partial charge in [0.15, 0.2) is 0 Å². The number of hydrogen-bond acceptors (Lipinski definition) is 2. The number of amides is 2. The van der Waals surface area contributed by atoms with Gasteiger partial charge in [0.25, 0.3) is 0 Å². The minimum atomic E-state index is 0.0803. The Balaban J connectivity index is 1.54. The van der Waals surface area contributed by atoms with E-state index in [4.69, 9.17) is 0 Å². The van der Waals surface area contributed by atoms with Gasteiger partial charge < -0.3 is 10.6 Å². The molecule has 0 aromatic rings. The van der Waals surface area contributed by atoms with E-state index in [2.05, 4.69) is 34.9 Å². The molecule has 132 valence electrons. The third-order valence-electron chi connectivity index (χ3n) is 5.80. The van der Waals surface area contributed by atoms with Crippen molar-refractivity contribution in [1.29, 1.82) is 0 Å². The molecule has 0 aromatic carbocycles. The third kappa shape index (κ3) is 4.49. The highest BCUT2D eigenvalue weighted by Crippen LogP contribution is 2.27. The predicted molar refractivity (Wildman–Crippen MR) is 95.2 cm³/mol. The zero-order valence-corrected chi connectivity index (χ0v) is 14.5. The van der Waals surface area contributed by atoms with Crippen molar-refractivity contribution < 1.29 is 9.59 Å². The van der Waals surface area contributed by atoms with Gasteiger partial charge in [-0.25, -0.2) is 0 Å². The van der Waals surface area contributed by atoms with Gasteiger partial charge in [0.2, 0.25) is 11.8 Å². The Bertz CT molecular complexity index is 490. The molecule has 1 unspecified atom stereocenters. The van der Waals surface area contributed by atoms with Crippen molar-refractivity contribution in [2.45, 2.75) is 63.8 Å². The summed E-state index contributed by atoms with van der Waals surface area (Å²) in [4.78, 5) is 24.8. The monoisotopic (exact) mass is 330 g/mol. The van der Waals surface area contributed by atoms with Gasteiger partial charge in [0, 0.05) is 24.4 Å². The molecule has 3 aliphatic carbocycles. The van der Waals surface area contributed by atoms with E-state index in [0.29, 0.717) is 12.5 Å². The van der Waals surface area contributed by atoms with Crippen LogP contribution >= 0.6 is 0 Å². The molecule has 1 fully saturated rings. The highest BCUT2D eigenvalue weighted by Gasteiger charge is 2.29. The Kier molecular flexibility index (Phi) is 6.11. The van der Waals surface area contributed by atoms with E-state index in [9.17, 15) is 9.59 Å². The Morgan fingerprint density at radius 1 is 0.833 bits per heavy atom. The lowest BCUT2D eigenvalue weighted by molar-refractivity contribution is -0.127. The molecule has 2 N–H and O–H groups in total. The average molecular weight is 330 g/mol. The summed E-state index contributed by atoms with van der Waals surface area (Å²) in [7, 11) is 0. The highest BCUT2D eigenvalue weighted by atomic mass is 16.2. The molecule has 3 aliphatic rings. The summed E-state index contributed by atoms with van der Waals surface area (Å²) in [6, 6.07) is 0.0803. The highest BCUT2D eigenvalue weighted by molar-refractivity contribution is 5.81. The number of nitrogens with one attached hydrogen (secondary N) is 2. The summed E-state index contributed by atoms with van der Waals surface area (Å²) in [6.45, 7) is 0.575. The van der Waals surface area contributed by atoms with Gasteiger partial charge in [-0.3, -0.25) is 9.59 Å². The van der Waals surface area contributed by atoms with Gasteiger partial charge in [-0.05, 0) is 44.4 Å². The SMILES string of the molecule is O=C(NCC(NC(=O)C1CC=CC1)C1CCCCC1)C1CC=CC1. The largest absolute Gasteiger partial charge is 0.354 e. The average Bonchev–Trinajstić information content (AvgIpc) is 3.32. The van der Waals surface area contributed by atoms with Crippen LogP contribution in [0.25, 0.3) is 0 Å². The van der Waals surface area contributed by atoms with Crippen molar-refractivity contribution in [3.63, 3.8) is 0 Å². The van der Waals surface area contributed by atoms with E-state index in [1.54, 1.807) is 0 Å². The predicted octanol–water partition coefficient (Wildman–Crippen LogP) is 3.10. The quantitative estimate of drug-likeness (QED) is 0.735. The number of hydrogen-bond donors (Lipinski definition) is 2. The molecule has 0 saturated heterocycles. The molecule has 1 atom stereocenters. The minimum absolute atomic E-state index is 0.0803. The molecule has 3 rings (SSSR count). The van der Waals surface area contributed by atoms with Crippen molar-refractivity contribution in [2.24, 2.45) is 17.8 Å². The first-order valence-corrected chi connectivity index (χ1v) is 9.62. The van der Waals surface area contributed by atoms with Gasteiger partial charge in [-0.15, -0.1) is 0 Å². The molecular formula is C20H30N2O2. The maximum atomic E-state index is 12.5. The first-order chi connectivity index (χ1) is 11.7. The Labute approximate surface area is 145 Å². The van der Waals surface area contributed by atoms with Crippen LogP contribution in [0.5, 0.6) is 0 Å². The fourth-order valence-electron chi connectivity index (χ4n) is 4.19. The van der Waals surface area contributed by atoms with Crippen LogP contribution in [0.15, 0.2) is 24.3 Å². The molecule has 1 saturated carbocycles. The van der Waals surface area contributed by atoms with E-state index in [1.165, 1.54) is 19.3 Å². The lowest BCUT2D eigenvalue weighted by Crippen LogP contribution is -2.50. The van der Waals surface area contributed by atoms with Crippen molar-refractivity contribution in [3.05, 3.63) is 24.3 Å². The van der Waals surface area contributed by atoms with Crippen LogP contribution in [0.4, 0.5) is 0 Å². The third-order valence-corrected chi connectivity index (χ3v) is 5.80. The van der Waals surface area contributed by atoms with Gasteiger partial charge in [-0.1, -0.05) is 43.6 Å².